The van der Waals surface area contributed by atoms with Gasteiger partial charge >= 0.3 is 0 Å². The Balaban J connectivity index is 1.95. The van der Waals surface area contributed by atoms with Crippen LogP contribution < -0.4 is 14.4 Å². The number of hydrogen-bond donors (Lipinski definition) is 1. The van der Waals surface area contributed by atoms with E-state index in [1.54, 1.807) is 30.3 Å². The second kappa shape index (κ2) is 11.4. The SMILES string of the molecule is COc1ccc(N(CC(=O)NC(CC(C)C)c2ccccc2)S(=O)(=O)c2ccccc2)cc1Cl. The Labute approximate surface area is 206 Å². The Morgan fingerprint density at radius 1 is 1.00 bits per heavy atom. The number of halogens is 1. The second-order valence-electron chi connectivity index (χ2n) is 8.30. The summed E-state index contributed by atoms with van der Waals surface area (Å²) >= 11 is 6.28. The Hall–Kier alpha value is -3.03. The maximum atomic E-state index is 13.5. The van der Waals surface area contributed by atoms with Crippen LogP contribution in [0.2, 0.25) is 5.02 Å². The summed E-state index contributed by atoms with van der Waals surface area (Å²) in [5.41, 5.74) is 1.24. The number of rotatable bonds is 10. The molecule has 0 aliphatic rings. The zero-order valence-electron chi connectivity index (χ0n) is 19.4. The zero-order chi connectivity index (χ0) is 24.7. The van der Waals surface area contributed by atoms with E-state index >= 15 is 0 Å². The molecule has 6 nitrogen and oxygen atoms in total. The molecular weight excluding hydrogens is 472 g/mol. The smallest absolute Gasteiger partial charge is 0.264 e. The van der Waals surface area contributed by atoms with Crippen LogP contribution in [0.4, 0.5) is 5.69 Å². The average molecular weight is 501 g/mol. The van der Waals surface area contributed by atoms with Gasteiger partial charge in [0.25, 0.3) is 10.0 Å². The molecule has 0 saturated heterocycles. The Kier molecular flexibility index (Phi) is 8.58. The molecule has 0 fully saturated rings. The van der Waals surface area contributed by atoms with Gasteiger partial charge in [0.15, 0.2) is 0 Å². The summed E-state index contributed by atoms with van der Waals surface area (Å²) in [6.45, 7) is 3.75. The summed E-state index contributed by atoms with van der Waals surface area (Å²) in [6, 6.07) is 22.1. The number of carbonyl (C=O) groups is 1. The molecule has 3 aromatic rings. The molecule has 0 aliphatic heterocycles. The number of benzene rings is 3. The van der Waals surface area contributed by atoms with Crippen molar-refractivity contribution in [3.8, 4) is 5.75 Å². The maximum absolute atomic E-state index is 13.5. The monoisotopic (exact) mass is 500 g/mol. The van der Waals surface area contributed by atoms with Crippen molar-refractivity contribution in [2.24, 2.45) is 5.92 Å². The summed E-state index contributed by atoms with van der Waals surface area (Å²) in [6.07, 6.45) is 0.718. The standard InChI is InChI=1S/C26H29ClN2O4S/c1-19(2)16-24(20-10-6-4-7-11-20)28-26(30)18-29(21-14-15-25(33-3)23(27)17-21)34(31,32)22-12-8-5-9-13-22/h4-15,17,19,24H,16,18H2,1-3H3,(H,28,30). The molecule has 0 spiro atoms. The molecule has 34 heavy (non-hydrogen) atoms. The largest absolute Gasteiger partial charge is 0.495 e. The molecule has 180 valence electrons. The minimum absolute atomic E-state index is 0.0801. The molecule has 3 aromatic carbocycles. The highest BCUT2D eigenvalue weighted by molar-refractivity contribution is 7.92. The number of methoxy groups -OCH3 is 1. The number of nitrogens with zero attached hydrogens (tertiary/aromatic N) is 1. The summed E-state index contributed by atoms with van der Waals surface area (Å²) in [4.78, 5) is 13.3. The van der Waals surface area contributed by atoms with Crippen LogP contribution in [0.3, 0.4) is 0 Å². The van der Waals surface area contributed by atoms with Crippen LogP contribution in [0.25, 0.3) is 0 Å². The van der Waals surface area contributed by atoms with Crippen molar-refractivity contribution in [2.75, 3.05) is 18.0 Å². The summed E-state index contributed by atoms with van der Waals surface area (Å²) in [5, 5.41) is 3.27. The van der Waals surface area contributed by atoms with E-state index < -0.39 is 22.5 Å². The first-order valence-electron chi connectivity index (χ1n) is 11.0. The van der Waals surface area contributed by atoms with Gasteiger partial charge in [0.05, 0.1) is 28.8 Å². The Morgan fingerprint density at radius 2 is 1.62 bits per heavy atom. The molecule has 1 N–H and O–H groups in total. The van der Waals surface area contributed by atoms with E-state index in [9.17, 15) is 13.2 Å². The van der Waals surface area contributed by atoms with E-state index in [2.05, 4.69) is 19.2 Å². The molecule has 0 saturated carbocycles. The van der Waals surface area contributed by atoms with Gasteiger partial charge in [-0.1, -0.05) is 74.0 Å². The third-order valence-corrected chi connectivity index (χ3v) is 7.37. The summed E-state index contributed by atoms with van der Waals surface area (Å²) in [5.74, 6) is 0.323. The Morgan fingerprint density at radius 3 is 2.18 bits per heavy atom. The van der Waals surface area contributed by atoms with Crippen molar-refractivity contribution in [1.82, 2.24) is 5.32 Å². The van der Waals surface area contributed by atoms with E-state index in [-0.39, 0.29) is 21.6 Å². The van der Waals surface area contributed by atoms with Crippen molar-refractivity contribution in [3.05, 3.63) is 89.4 Å². The molecule has 8 heteroatoms. The van der Waals surface area contributed by atoms with Gasteiger partial charge in [-0.25, -0.2) is 8.42 Å². The van der Waals surface area contributed by atoms with Crippen molar-refractivity contribution in [1.29, 1.82) is 0 Å². The highest BCUT2D eigenvalue weighted by Crippen LogP contribution is 2.32. The van der Waals surface area contributed by atoms with E-state index in [0.29, 0.717) is 11.7 Å². The van der Waals surface area contributed by atoms with Crippen LogP contribution in [-0.4, -0.2) is 28.0 Å². The van der Waals surface area contributed by atoms with Crippen LogP contribution in [0, 0.1) is 5.92 Å². The molecule has 1 amide bonds. The van der Waals surface area contributed by atoms with Gasteiger partial charge < -0.3 is 10.1 Å². The van der Waals surface area contributed by atoms with E-state index in [1.165, 1.54) is 25.3 Å². The van der Waals surface area contributed by atoms with Gasteiger partial charge in [0.2, 0.25) is 5.91 Å². The third kappa shape index (κ3) is 6.30. The van der Waals surface area contributed by atoms with Crippen LogP contribution in [0.15, 0.2) is 83.8 Å². The van der Waals surface area contributed by atoms with Gasteiger partial charge in [-0.3, -0.25) is 9.10 Å². The predicted molar refractivity (Wildman–Crippen MR) is 136 cm³/mol. The van der Waals surface area contributed by atoms with E-state index in [1.807, 2.05) is 30.3 Å². The summed E-state index contributed by atoms with van der Waals surface area (Å²) in [7, 11) is -2.56. The summed E-state index contributed by atoms with van der Waals surface area (Å²) < 4.78 is 33.3. The van der Waals surface area contributed by atoms with Crippen LogP contribution in [0.1, 0.15) is 31.9 Å². The van der Waals surface area contributed by atoms with Crippen LogP contribution >= 0.6 is 11.6 Å². The minimum Gasteiger partial charge on any atom is -0.495 e. The predicted octanol–water partition coefficient (Wildman–Crippen LogP) is 5.45. The third-order valence-electron chi connectivity index (χ3n) is 5.29. The molecule has 0 aliphatic carbocycles. The lowest BCUT2D eigenvalue weighted by Crippen LogP contribution is -2.42. The lowest BCUT2D eigenvalue weighted by Gasteiger charge is -2.27. The molecule has 1 atom stereocenters. The number of amides is 1. The molecule has 3 rings (SSSR count). The number of carbonyl (C=O) groups excluding carboxylic acids is 1. The van der Waals surface area contributed by atoms with Crippen molar-refractivity contribution >= 4 is 33.2 Å². The molecule has 0 radical (unpaired) electrons. The number of hydrogen-bond acceptors (Lipinski definition) is 4. The first-order valence-corrected chi connectivity index (χ1v) is 12.8. The maximum Gasteiger partial charge on any atom is 0.264 e. The van der Waals surface area contributed by atoms with Gasteiger partial charge in [-0.15, -0.1) is 0 Å². The fourth-order valence-corrected chi connectivity index (χ4v) is 5.34. The number of nitrogens with one attached hydrogen (secondary N) is 1. The normalized spacial score (nSPS) is 12.3. The first-order chi connectivity index (χ1) is 16.2. The molecular formula is C26H29ClN2O4S. The lowest BCUT2D eigenvalue weighted by molar-refractivity contribution is -0.120. The molecule has 0 bridgehead atoms. The highest BCUT2D eigenvalue weighted by Gasteiger charge is 2.28. The first kappa shape index (κ1) is 25.6. The van der Waals surface area contributed by atoms with Gasteiger partial charge in [-0.2, -0.15) is 0 Å². The zero-order valence-corrected chi connectivity index (χ0v) is 21.0. The van der Waals surface area contributed by atoms with Crippen molar-refractivity contribution in [3.63, 3.8) is 0 Å². The van der Waals surface area contributed by atoms with Gasteiger partial charge in [-0.05, 0) is 48.2 Å². The van der Waals surface area contributed by atoms with Crippen molar-refractivity contribution < 1.29 is 17.9 Å². The quantitative estimate of drug-likeness (QED) is 0.401. The van der Waals surface area contributed by atoms with Crippen molar-refractivity contribution in [2.45, 2.75) is 31.2 Å². The lowest BCUT2D eigenvalue weighted by atomic mass is 9.97. The van der Waals surface area contributed by atoms with Gasteiger partial charge in [0.1, 0.15) is 12.3 Å². The molecule has 0 aromatic heterocycles. The van der Waals surface area contributed by atoms with Gasteiger partial charge in [0, 0.05) is 0 Å². The molecule has 0 heterocycles. The van der Waals surface area contributed by atoms with Crippen LogP contribution in [0.5, 0.6) is 5.75 Å². The fraction of sp³-hybridized carbons (Fsp3) is 0.269. The van der Waals surface area contributed by atoms with Crippen LogP contribution in [-0.2, 0) is 14.8 Å². The van der Waals surface area contributed by atoms with E-state index in [4.69, 9.17) is 16.3 Å². The molecule has 1 unspecified atom stereocenters. The van der Waals surface area contributed by atoms with E-state index in [0.717, 1.165) is 16.3 Å². The number of ether oxygens (including phenoxy) is 1. The Bertz CT molecular complexity index is 1200. The number of anilines is 1. The topological polar surface area (TPSA) is 75.7 Å². The number of sulfonamides is 1. The second-order valence-corrected chi connectivity index (χ2v) is 10.6. The fourth-order valence-electron chi connectivity index (χ4n) is 3.65. The average Bonchev–Trinajstić information content (AvgIpc) is 2.83. The highest BCUT2D eigenvalue weighted by atomic mass is 35.5. The minimum atomic E-state index is -4.04.